The van der Waals surface area contributed by atoms with E-state index in [2.05, 4.69) is 26.9 Å². The molecule has 0 saturated heterocycles. The second-order valence-corrected chi connectivity index (χ2v) is 3.49. The van der Waals surface area contributed by atoms with Crippen LogP contribution in [0.25, 0.3) is 0 Å². The molecule has 5 nitrogen and oxygen atoms in total. The summed E-state index contributed by atoms with van der Waals surface area (Å²) in [7, 11) is 1.31. The standard InChI is InChI=1S/C13H14N2O3/c1-10(16)15-6-4-3-5-11-7-12(9-14-8-11)13(17)18-2/h7-9H,4,6H2,1-2H3,(H,15,16). The van der Waals surface area contributed by atoms with Gasteiger partial charge in [0.2, 0.25) is 5.91 Å². The number of methoxy groups -OCH3 is 1. The number of nitrogens with zero attached hydrogens (tertiary/aromatic N) is 1. The molecule has 1 rings (SSSR count). The highest BCUT2D eigenvalue weighted by atomic mass is 16.5. The van der Waals surface area contributed by atoms with Crippen molar-refractivity contribution in [3.8, 4) is 11.8 Å². The lowest BCUT2D eigenvalue weighted by atomic mass is 10.2. The molecule has 0 bridgehead atoms. The van der Waals surface area contributed by atoms with Crippen LogP contribution in [-0.2, 0) is 9.53 Å². The first-order chi connectivity index (χ1) is 8.63. The van der Waals surface area contributed by atoms with E-state index in [1.807, 2.05) is 0 Å². The number of hydrogen-bond donors (Lipinski definition) is 1. The summed E-state index contributed by atoms with van der Waals surface area (Å²) in [4.78, 5) is 25.8. The van der Waals surface area contributed by atoms with Crippen molar-refractivity contribution in [3.05, 3.63) is 29.6 Å². The number of carbonyl (C=O) groups is 2. The maximum atomic E-state index is 11.3. The van der Waals surface area contributed by atoms with E-state index in [4.69, 9.17) is 0 Å². The van der Waals surface area contributed by atoms with Gasteiger partial charge in [-0.25, -0.2) is 4.79 Å². The Bertz CT molecular complexity index is 500. The van der Waals surface area contributed by atoms with Gasteiger partial charge in [-0.05, 0) is 6.07 Å². The van der Waals surface area contributed by atoms with Gasteiger partial charge in [0, 0.05) is 37.8 Å². The molecule has 18 heavy (non-hydrogen) atoms. The van der Waals surface area contributed by atoms with Crippen LogP contribution in [0.4, 0.5) is 0 Å². The van der Waals surface area contributed by atoms with Gasteiger partial charge < -0.3 is 10.1 Å². The Kier molecular flexibility index (Phi) is 5.39. The molecular formula is C13H14N2O3. The Morgan fingerprint density at radius 2 is 2.22 bits per heavy atom. The van der Waals surface area contributed by atoms with E-state index >= 15 is 0 Å². The van der Waals surface area contributed by atoms with Gasteiger partial charge in [0.1, 0.15) is 0 Å². The lowest BCUT2D eigenvalue weighted by Crippen LogP contribution is -2.20. The van der Waals surface area contributed by atoms with Crippen molar-refractivity contribution >= 4 is 11.9 Å². The number of esters is 1. The molecule has 94 valence electrons. The average Bonchev–Trinajstić information content (AvgIpc) is 2.37. The molecule has 0 spiro atoms. The van der Waals surface area contributed by atoms with Crippen LogP contribution in [0.15, 0.2) is 18.5 Å². The summed E-state index contributed by atoms with van der Waals surface area (Å²) in [5.41, 5.74) is 1.01. The zero-order valence-electron chi connectivity index (χ0n) is 10.3. The number of rotatable bonds is 3. The van der Waals surface area contributed by atoms with Crippen LogP contribution >= 0.6 is 0 Å². The van der Waals surface area contributed by atoms with Crippen LogP contribution in [0, 0.1) is 11.8 Å². The second kappa shape index (κ2) is 7.07. The van der Waals surface area contributed by atoms with Crippen LogP contribution < -0.4 is 5.32 Å². The Morgan fingerprint density at radius 3 is 2.89 bits per heavy atom. The predicted octanol–water partition coefficient (Wildman–Crippen LogP) is 0.746. The molecule has 0 aliphatic carbocycles. The zero-order valence-corrected chi connectivity index (χ0v) is 10.3. The monoisotopic (exact) mass is 246 g/mol. The molecule has 1 aromatic heterocycles. The largest absolute Gasteiger partial charge is 0.465 e. The van der Waals surface area contributed by atoms with Crippen LogP contribution in [0.2, 0.25) is 0 Å². The second-order valence-electron chi connectivity index (χ2n) is 3.49. The third kappa shape index (κ3) is 4.66. The van der Waals surface area contributed by atoms with Gasteiger partial charge in [0.05, 0.1) is 12.7 Å². The van der Waals surface area contributed by atoms with E-state index in [9.17, 15) is 9.59 Å². The van der Waals surface area contributed by atoms with E-state index in [-0.39, 0.29) is 5.91 Å². The van der Waals surface area contributed by atoms with Crippen LogP contribution in [0.3, 0.4) is 0 Å². The molecule has 1 N–H and O–H groups in total. The molecule has 0 aliphatic heterocycles. The molecule has 5 heteroatoms. The molecule has 0 saturated carbocycles. The van der Waals surface area contributed by atoms with Gasteiger partial charge >= 0.3 is 5.97 Å². The molecule has 0 radical (unpaired) electrons. The Morgan fingerprint density at radius 1 is 1.44 bits per heavy atom. The fourth-order valence-electron chi connectivity index (χ4n) is 1.20. The Labute approximate surface area is 106 Å². The average molecular weight is 246 g/mol. The predicted molar refractivity (Wildman–Crippen MR) is 65.8 cm³/mol. The van der Waals surface area contributed by atoms with Gasteiger partial charge in [-0.3, -0.25) is 9.78 Å². The molecule has 0 aromatic carbocycles. The lowest BCUT2D eigenvalue weighted by Gasteiger charge is -1.98. The summed E-state index contributed by atoms with van der Waals surface area (Å²) in [5.74, 6) is 5.23. The quantitative estimate of drug-likeness (QED) is 0.485. The minimum Gasteiger partial charge on any atom is -0.465 e. The van der Waals surface area contributed by atoms with Gasteiger partial charge in [0.15, 0.2) is 0 Å². The number of amides is 1. The number of carbonyl (C=O) groups excluding carboxylic acids is 2. The summed E-state index contributed by atoms with van der Waals surface area (Å²) in [6.07, 6.45) is 3.54. The number of ether oxygens (including phenoxy) is 1. The summed E-state index contributed by atoms with van der Waals surface area (Å²) >= 11 is 0. The van der Waals surface area contributed by atoms with Crippen molar-refractivity contribution in [2.45, 2.75) is 13.3 Å². The van der Waals surface area contributed by atoms with Gasteiger partial charge in [0.25, 0.3) is 0 Å². The van der Waals surface area contributed by atoms with Gasteiger partial charge in [-0.15, -0.1) is 0 Å². The molecule has 0 aliphatic rings. The van der Waals surface area contributed by atoms with E-state index < -0.39 is 5.97 Å². The first-order valence-corrected chi connectivity index (χ1v) is 5.40. The van der Waals surface area contributed by atoms with Crippen molar-refractivity contribution in [2.24, 2.45) is 0 Å². The molecule has 1 heterocycles. The third-order valence-corrected chi connectivity index (χ3v) is 2.02. The molecule has 1 aromatic rings. The number of pyridine rings is 1. The summed E-state index contributed by atoms with van der Waals surface area (Å²) < 4.78 is 4.59. The first-order valence-electron chi connectivity index (χ1n) is 5.40. The third-order valence-electron chi connectivity index (χ3n) is 2.02. The topological polar surface area (TPSA) is 68.3 Å². The maximum absolute atomic E-state index is 11.3. The van der Waals surface area contributed by atoms with Gasteiger partial charge in [-0.2, -0.15) is 0 Å². The summed E-state index contributed by atoms with van der Waals surface area (Å²) in [6, 6.07) is 1.62. The minimum absolute atomic E-state index is 0.0776. The van der Waals surface area contributed by atoms with Crippen molar-refractivity contribution in [3.63, 3.8) is 0 Å². The Balaban J connectivity index is 2.59. The molecular weight excluding hydrogens is 232 g/mol. The molecule has 0 fully saturated rings. The van der Waals surface area contributed by atoms with E-state index in [0.29, 0.717) is 24.1 Å². The van der Waals surface area contributed by atoms with E-state index in [0.717, 1.165) is 0 Å². The lowest BCUT2D eigenvalue weighted by molar-refractivity contribution is -0.118. The van der Waals surface area contributed by atoms with Crippen LogP contribution in [0.5, 0.6) is 0 Å². The van der Waals surface area contributed by atoms with Gasteiger partial charge in [-0.1, -0.05) is 11.8 Å². The van der Waals surface area contributed by atoms with Crippen molar-refractivity contribution in [1.29, 1.82) is 0 Å². The van der Waals surface area contributed by atoms with Crippen molar-refractivity contribution in [1.82, 2.24) is 10.3 Å². The first kappa shape index (κ1) is 13.7. The number of hydrogen-bond acceptors (Lipinski definition) is 4. The number of nitrogens with one attached hydrogen (secondary N) is 1. The normalized spacial score (nSPS) is 9.00. The molecule has 0 atom stereocenters. The fraction of sp³-hybridized carbons (Fsp3) is 0.308. The van der Waals surface area contributed by atoms with Crippen LogP contribution in [-0.4, -0.2) is 30.5 Å². The minimum atomic E-state index is -0.440. The molecule has 1 amide bonds. The van der Waals surface area contributed by atoms with E-state index in [1.165, 1.54) is 20.2 Å². The SMILES string of the molecule is COC(=O)c1cncc(C#CCCNC(C)=O)c1. The maximum Gasteiger partial charge on any atom is 0.339 e. The molecule has 0 unspecified atom stereocenters. The van der Waals surface area contributed by atoms with Crippen molar-refractivity contribution < 1.29 is 14.3 Å². The summed E-state index contributed by atoms with van der Waals surface area (Å²) in [5, 5.41) is 2.64. The highest BCUT2D eigenvalue weighted by molar-refractivity contribution is 5.89. The van der Waals surface area contributed by atoms with E-state index in [1.54, 1.807) is 12.3 Å². The van der Waals surface area contributed by atoms with Crippen LogP contribution in [0.1, 0.15) is 29.3 Å². The Hall–Kier alpha value is -2.35. The van der Waals surface area contributed by atoms with Crippen molar-refractivity contribution in [2.75, 3.05) is 13.7 Å². The smallest absolute Gasteiger partial charge is 0.339 e. The number of aromatic nitrogens is 1. The highest BCUT2D eigenvalue weighted by Crippen LogP contribution is 2.02. The summed E-state index contributed by atoms with van der Waals surface area (Å²) in [6.45, 7) is 1.96. The fourth-order valence-corrected chi connectivity index (χ4v) is 1.20. The highest BCUT2D eigenvalue weighted by Gasteiger charge is 2.04. The zero-order chi connectivity index (χ0) is 13.4.